The molecule has 0 radical (unpaired) electrons. The van der Waals surface area contributed by atoms with Gasteiger partial charge < -0.3 is 5.73 Å². The van der Waals surface area contributed by atoms with Crippen LogP contribution in [-0.2, 0) is 16.6 Å². The normalized spacial score (nSPS) is 11.7. The second-order valence-electron chi connectivity index (χ2n) is 3.71. The first kappa shape index (κ1) is 14.6. The van der Waals surface area contributed by atoms with Crippen molar-refractivity contribution in [3.63, 3.8) is 0 Å². The molecule has 3 N–H and O–H groups in total. The van der Waals surface area contributed by atoms with E-state index in [-0.39, 0.29) is 17.1 Å². The summed E-state index contributed by atoms with van der Waals surface area (Å²) in [7, 11) is -3.70. The van der Waals surface area contributed by atoms with Gasteiger partial charge in [0.1, 0.15) is 4.90 Å². The molecule has 2 rings (SSSR count). The molecular formula is C11H10Cl2N2O2S2. The zero-order valence-corrected chi connectivity index (χ0v) is 12.7. The summed E-state index contributed by atoms with van der Waals surface area (Å²) < 4.78 is 27.3. The van der Waals surface area contributed by atoms with E-state index in [4.69, 9.17) is 28.9 Å². The minimum atomic E-state index is -3.70. The van der Waals surface area contributed by atoms with Crippen molar-refractivity contribution in [2.75, 3.05) is 5.73 Å². The van der Waals surface area contributed by atoms with Gasteiger partial charge in [0, 0.05) is 16.4 Å². The number of rotatable bonds is 4. The highest BCUT2D eigenvalue weighted by Gasteiger charge is 2.17. The van der Waals surface area contributed by atoms with Gasteiger partial charge in [-0.3, -0.25) is 0 Å². The maximum Gasteiger partial charge on any atom is 0.242 e. The van der Waals surface area contributed by atoms with Gasteiger partial charge in [-0.15, -0.1) is 11.3 Å². The lowest BCUT2D eigenvalue weighted by Crippen LogP contribution is -2.23. The molecular weight excluding hydrogens is 327 g/mol. The maximum absolute atomic E-state index is 12.1. The molecule has 102 valence electrons. The van der Waals surface area contributed by atoms with Gasteiger partial charge in [-0.1, -0.05) is 23.2 Å². The van der Waals surface area contributed by atoms with Crippen molar-refractivity contribution >= 4 is 50.2 Å². The third-order valence-electron chi connectivity index (χ3n) is 2.33. The number of hydrogen-bond acceptors (Lipinski definition) is 4. The minimum absolute atomic E-state index is 0.0253. The summed E-state index contributed by atoms with van der Waals surface area (Å²) in [5, 5.41) is 0.314. The topological polar surface area (TPSA) is 72.2 Å². The molecule has 0 amide bonds. The van der Waals surface area contributed by atoms with Crippen molar-refractivity contribution in [3.8, 4) is 0 Å². The third-order valence-corrected chi connectivity index (χ3v) is 5.25. The molecule has 1 heterocycles. The number of benzene rings is 1. The van der Waals surface area contributed by atoms with Crippen molar-refractivity contribution in [1.82, 2.24) is 4.72 Å². The Morgan fingerprint density at radius 3 is 2.58 bits per heavy atom. The first-order chi connectivity index (χ1) is 8.88. The Balaban J connectivity index is 2.20. The molecule has 8 heteroatoms. The third kappa shape index (κ3) is 3.61. The molecule has 0 aliphatic rings. The highest BCUT2D eigenvalue weighted by molar-refractivity contribution is 7.89. The number of halogens is 2. The standard InChI is InChI=1S/C11H10Cl2N2O2S2/c12-7-1-3-9(14)10(5-7)19(16,17)15-6-8-2-4-11(13)18-8/h1-5,15H,6,14H2. The monoisotopic (exact) mass is 336 g/mol. The molecule has 0 saturated carbocycles. The van der Waals surface area contributed by atoms with E-state index in [0.717, 1.165) is 4.88 Å². The summed E-state index contributed by atoms with van der Waals surface area (Å²) in [4.78, 5) is 0.789. The van der Waals surface area contributed by atoms with Gasteiger partial charge >= 0.3 is 0 Å². The van der Waals surface area contributed by atoms with Gasteiger partial charge in [-0.2, -0.15) is 0 Å². The lowest BCUT2D eigenvalue weighted by Gasteiger charge is -2.08. The quantitative estimate of drug-likeness (QED) is 0.842. The lowest BCUT2D eigenvalue weighted by molar-refractivity contribution is 0.582. The Labute approximate surface area is 125 Å². The number of nitrogen functional groups attached to an aromatic ring is 1. The molecule has 0 aliphatic heterocycles. The predicted octanol–water partition coefficient (Wildman–Crippen LogP) is 3.12. The van der Waals surface area contributed by atoms with Crippen LogP contribution in [0.2, 0.25) is 9.36 Å². The Morgan fingerprint density at radius 2 is 1.95 bits per heavy atom. The highest BCUT2D eigenvalue weighted by atomic mass is 35.5. The van der Waals surface area contributed by atoms with Crippen LogP contribution in [0, 0.1) is 0 Å². The van der Waals surface area contributed by atoms with Crippen LogP contribution in [0.4, 0.5) is 5.69 Å². The number of thiophene rings is 1. The van der Waals surface area contributed by atoms with E-state index in [0.29, 0.717) is 9.36 Å². The molecule has 0 spiro atoms. The average Bonchev–Trinajstić information content (AvgIpc) is 2.76. The number of sulfonamides is 1. The molecule has 0 saturated heterocycles. The van der Waals surface area contributed by atoms with Gasteiger partial charge in [-0.05, 0) is 30.3 Å². The molecule has 4 nitrogen and oxygen atoms in total. The fraction of sp³-hybridized carbons (Fsp3) is 0.0909. The van der Waals surface area contributed by atoms with E-state index < -0.39 is 10.0 Å². The van der Waals surface area contributed by atoms with Gasteiger partial charge in [-0.25, -0.2) is 13.1 Å². The summed E-state index contributed by atoms with van der Waals surface area (Å²) in [6.45, 7) is 0.158. The number of nitrogens with one attached hydrogen (secondary N) is 1. The molecule has 1 aromatic carbocycles. The van der Waals surface area contributed by atoms with Crippen LogP contribution in [-0.4, -0.2) is 8.42 Å². The van der Waals surface area contributed by atoms with Crippen LogP contribution < -0.4 is 10.5 Å². The van der Waals surface area contributed by atoms with Crippen LogP contribution in [0.15, 0.2) is 35.2 Å². The second kappa shape index (κ2) is 5.68. The Kier molecular flexibility index (Phi) is 4.37. The van der Waals surface area contributed by atoms with Crippen LogP contribution >= 0.6 is 34.5 Å². The van der Waals surface area contributed by atoms with Gasteiger partial charge in [0.15, 0.2) is 0 Å². The van der Waals surface area contributed by atoms with E-state index in [1.165, 1.54) is 29.5 Å². The van der Waals surface area contributed by atoms with Gasteiger partial charge in [0.25, 0.3) is 0 Å². The summed E-state index contributed by atoms with van der Waals surface area (Å²) in [6, 6.07) is 7.79. The number of nitrogens with two attached hydrogens (primary N) is 1. The van der Waals surface area contributed by atoms with Crippen molar-refractivity contribution in [3.05, 3.63) is 44.6 Å². The van der Waals surface area contributed by atoms with Crippen LogP contribution in [0.1, 0.15) is 4.88 Å². The number of anilines is 1. The van der Waals surface area contributed by atoms with E-state index in [9.17, 15) is 8.42 Å². The van der Waals surface area contributed by atoms with E-state index in [1.807, 2.05) is 0 Å². The van der Waals surface area contributed by atoms with Crippen molar-refractivity contribution in [2.45, 2.75) is 11.4 Å². The first-order valence-electron chi connectivity index (χ1n) is 5.17. The van der Waals surface area contributed by atoms with Crippen molar-refractivity contribution in [1.29, 1.82) is 0 Å². The zero-order valence-electron chi connectivity index (χ0n) is 9.56. The minimum Gasteiger partial charge on any atom is -0.398 e. The van der Waals surface area contributed by atoms with Crippen LogP contribution in [0.3, 0.4) is 0 Å². The zero-order chi connectivity index (χ0) is 14.0. The summed E-state index contributed by atoms with van der Waals surface area (Å²) >= 11 is 12.9. The lowest BCUT2D eigenvalue weighted by atomic mass is 10.3. The fourth-order valence-electron chi connectivity index (χ4n) is 1.43. The number of hydrogen-bond donors (Lipinski definition) is 2. The van der Waals surface area contributed by atoms with Gasteiger partial charge in [0.05, 0.1) is 10.0 Å². The molecule has 2 aromatic rings. The van der Waals surface area contributed by atoms with E-state index in [1.54, 1.807) is 12.1 Å². The van der Waals surface area contributed by atoms with Crippen LogP contribution in [0.5, 0.6) is 0 Å². The molecule has 19 heavy (non-hydrogen) atoms. The first-order valence-corrected chi connectivity index (χ1v) is 8.23. The van der Waals surface area contributed by atoms with E-state index in [2.05, 4.69) is 4.72 Å². The average molecular weight is 337 g/mol. The maximum atomic E-state index is 12.1. The molecule has 1 aromatic heterocycles. The smallest absolute Gasteiger partial charge is 0.242 e. The Morgan fingerprint density at radius 1 is 1.21 bits per heavy atom. The largest absolute Gasteiger partial charge is 0.398 e. The molecule has 0 unspecified atom stereocenters. The van der Waals surface area contributed by atoms with Crippen molar-refractivity contribution in [2.24, 2.45) is 0 Å². The van der Waals surface area contributed by atoms with Crippen LogP contribution in [0.25, 0.3) is 0 Å². The Bertz CT molecular complexity index is 698. The highest BCUT2D eigenvalue weighted by Crippen LogP contribution is 2.24. The second-order valence-corrected chi connectivity index (χ2v) is 7.68. The van der Waals surface area contributed by atoms with Gasteiger partial charge in [0.2, 0.25) is 10.0 Å². The molecule has 0 atom stereocenters. The SMILES string of the molecule is Nc1ccc(Cl)cc1S(=O)(=O)NCc1ccc(Cl)s1. The predicted molar refractivity (Wildman–Crippen MR) is 79.2 cm³/mol. The fourth-order valence-corrected chi connectivity index (χ4v) is 3.95. The molecule has 0 bridgehead atoms. The molecule has 0 fully saturated rings. The summed E-state index contributed by atoms with van der Waals surface area (Å²) in [5.41, 5.74) is 5.81. The van der Waals surface area contributed by atoms with Crippen molar-refractivity contribution < 1.29 is 8.42 Å². The Hall–Kier alpha value is -0.790. The van der Waals surface area contributed by atoms with E-state index >= 15 is 0 Å². The molecule has 0 aliphatic carbocycles. The summed E-state index contributed by atoms with van der Waals surface area (Å²) in [6.07, 6.45) is 0. The summed E-state index contributed by atoms with van der Waals surface area (Å²) in [5.74, 6) is 0.